The fourth-order valence-corrected chi connectivity index (χ4v) is 1.94. The Hall–Kier alpha value is -0.130. The first-order valence-corrected chi connectivity index (χ1v) is 6.84. The molecule has 86 valence electrons. The van der Waals surface area contributed by atoms with E-state index in [1.807, 2.05) is 20.8 Å². The first kappa shape index (κ1) is 13.9. The zero-order valence-corrected chi connectivity index (χ0v) is 10.2. The van der Waals surface area contributed by atoms with Gasteiger partial charge in [0.25, 0.3) is 0 Å². The van der Waals surface area contributed by atoms with E-state index >= 15 is 0 Å². The monoisotopic (exact) mass is 222 g/mol. The number of unbranched alkanes of at least 4 members (excludes halogenated alkanes) is 1. The molecule has 0 aliphatic heterocycles. The third kappa shape index (κ3) is 8.47. The second kappa shape index (κ2) is 7.20. The van der Waals surface area contributed by atoms with E-state index in [1.54, 1.807) is 0 Å². The first-order valence-electron chi connectivity index (χ1n) is 5.18. The minimum Gasteiger partial charge on any atom is -0.313 e. The second-order valence-electron chi connectivity index (χ2n) is 3.68. The molecule has 0 bridgehead atoms. The van der Waals surface area contributed by atoms with Crippen molar-refractivity contribution in [2.75, 3.05) is 18.8 Å². The summed E-state index contributed by atoms with van der Waals surface area (Å²) in [6.07, 6.45) is 1.91. The number of nitrogens with one attached hydrogen (secondary N) is 2. The van der Waals surface area contributed by atoms with E-state index in [4.69, 9.17) is 0 Å². The average Bonchev–Trinajstić information content (AvgIpc) is 2.03. The Labute approximate surface area is 87.5 Å². The van der Waals surface area contributed by atoms with Gasteiger partial charge in [0.1, 0.15) is 0 Å². The van der Waals surface area contributed by atoms with Crippen LogP contribution in [0, 0.1) is 0 Å². The normalized spacial score (nSPS) is 12.3. The highest BCUT2D eigenvalue weighted by molar-refractivity contribution is 7.89. The minimum absolute atomic E-state index is 0.162. The van der Waals surface area contributed by atoms with Gasteiger partial charge < -0.3 is 5.32 Å². The highest BCUT2D eigenvalue weighted by Crippen LogP contribution is 1.88. The first-order chi connectivity index (χ1) is 6.48. The number of hydrogen-bond acceptors (Lipinski definition) is 3. The second-order valence-corrected chi connectivity index (χ2v) is 5.60. The van der Waals surface area contributed by atoms with Gasteiger partial charge >= 0.3 is 0 Å². The van der Waals surface area contributed by atoms with Gasteiger partial charge in [0.2, 0.25) is 10.0 Å². The lowest BCUT2D eigenvalue weighted by molar-refractivity contribution is 0.564. The van der Waals surface area contributed by atoms with Gasteiger partial charge in [-0.05, 0) is 6.42 Å². The van der Waals surface area contributed by atoms with Crippen molar-refractivity contribution < 1.29 is 8.42 Å². The summed E-state index contributed by atoms with van der Waals surface area (Å²) in [5.41, 5.74) is 0. The maximum Gasteiger partial charge on any atom is 0.212 e. The van der Waals surface area contributed by atoms with Crippen molar-refractivity contribution in [2.45, 2.75) is 39.7 Å². The summed E-state index contributed by atoms with van der Waals surface area (Å²) in [5, 5.41) is 3.07. The minimum atomic E-state index is -3.06. The molecule has 0 saturated heterocycles. The Morgan fingerprint density at radius 3 is 2.36 bits per heavy atom. The Balaban J connectivity index is 3.62. The summed E-state index contributed by atoms with van der Waals surface area (Å²) in [6, 6.07) is 0.334. The summed E-state index contributed by atoms with van der Waals surface area (Å²) >= 11 is 0. The van der Waals surface area contributed by atoms with Gasteiger partial charge in [0.05, 0.1) is 5.75 Å². The number of sulfonamides is 1. The standard InChI is InChI=1S/C9H22N2O2S/c1-4-5-6-11-14(12,13)8-7-10-9(2)3/h9-11H,4-8H2,1-3H3. The van der Waals surface area contributed by atoms with E-state index in [0.717, 1.165) is 12.8 Å². The smallest absolute Gasteiger partial charge is 0.212 e. The lowest BCUT2D eigenvalue weighted by Gasteiger charge is -2.09. The molecule has 4 nitrogen and oxygen atoms in total. The predicted octanol–water partition coefficient (Wildman–Crippen LogP) is 0.704. The molecular weight excluding hydrogens is 200 g/mol. The van der Waals surface area contributed by atoms with Gasteiger partial charge in [-0.2, -0.15) is 0 Å². The summed E-state index contributed by atoms with van der Waals surface area (Å²) in [7, 11) is -3.06. The van der Waals surface area contributed by atoms with Crippen molar-refractivity contribution in [2.24, 2.45) is 0 Å². The SMILES string of the molecule is CCCCNS(=O)(=O)CCNC(C)C. The van der Waals surface area contributed by atoms with Crippen LogP contribution in [0.2, 0.25) is 0 Å². The van der Waals surface area contributed by atoms with Crippen molar-refractivity contribution in [3.63, 3.8) is 0 Å². The third-order valence-corrected chi connectivity index (χ3v) is 3.16. The van der Waals surface area contributed by atoms with Crippen LogP contribution in [0.5, 0.6) is 0 Å². The summed E-state index contributed by atoms with van der Waals surface area (Å²) in [6.45, 7) is 7.10. The molecular formula is C9H22N2O2S. The predicted molar refractivity (Wildman–Crippen MR) is 59.8 cm³/mol. The maximum absolute atomic E-state index is 11.3. The van der Waals surface area contributed by atoms with Crippen LogP contribution in [0.15, 0.2) is 0 Å². The molecule has 0 rings (SSSR count). The van der Waals surface area contributed by atoms with Crippen molar-refractivity contribution in [1.29, 1.82) is 0 Å². The number of hydrogen-bond donors (Lipinski definition) is 2. The maximum atomic E-state index is 11.3. The fourth-order valence-electron chi connectivity index (χ4n) is 0.959. The molecule has 14 heavy (non-hydrogen) atoms. The molecule has 0 saturated carbocycles. The van der Waals surface area contributed by atoms with Crippen LogP contribution in [0.1, 0.15) is 33.6 Å². The molecule has 0 aromatic carbocycles. The van der Waals surface area contributed by atoms with E-state index in [0.29, 0.717) is 19.1 Å². The van der Waals surface area contributed by atoms with Gasteiger partial charge in [-0.15, -0.1) is 0 Å². The van der Waals surface area contributed by atoms with E-state index in [-0.39, 0.29) is 5.75 Å². The molecule has 0 atom stereocenters. The molecule has 0 aromatic rings. The van der Waals surface area contributed by atoms with Crippen LogP contribution < -0.4 is 10.0 Å². The summed E-state index contributed by atoms with van der Waals surface area (Å²) < 4.78 is 25.2. The highest BCUT2D eigenvalue weighted by Gasteiger charge is 2.08. The zero-order valence-electron chi connectivity index (χ0n) is 9.34. The van der Waals surface area contributed by atoms with Crippen LogP contribution in [-0.4, -0.2) is 33.3 Å². The molecule has 5 heteroatoms. The Kier molecular flexibility index (Phi) is 7.13. The quantitative estimate of drug-likeness (QED) is 0.595. The molecule has 0 fully saturated rings. The lowest BCUT2D eigenvalue weighted by atomic mass is 10.3. The zero-order chi connectivity index (χ0) is 11.0. The van der Waals surface area contributed by atoms with Crippen LogP contribution >= 0.6 is 0 Å². The van der Waals surface area contributed by atoms with Crippen LogP contribution in [0.3, 0.4) is 0 Å². The molecule has 0 spiro atoms. The Bertz CT molecular complexity index is 225. The molecule has 0 aromatic heterocycles. The fraction of sp³-hybridized carbons (Fsp3) is 1.00. The van der Waals surface area contributed by atoms with Gasteiger partial charge in [-0.3, -0.25) is 0 Å². The molecule has 0 radical (unpaired) electrons. The van der Waals surface area contributed by atoms with Crippen LogP contribution in [-0.2, 0) is 10.0 Å². The van der Waals surface area contributed by atoms with E-state index in [2.05, 4.69) is 10.0 Å². The molecule has 2 N–H and O–H groups in total. The lowest BCUT2D eigenvalue weighted by Crippen LogP contribution is -2.34. The molecule has 0 unspecified atom stereocenters. The van der Waals surface area contributed by atoms with Gasteiger partial charge in [-0.25, -0.2) is 13.1 Å². The van der Waals surface area contributed by atoms with Crippen molar-refractivity contribution >= 4 is 10.0 Å². The van der Waals surface area contributed by atoms with Gasteiger partial charge in [0, 0.05) is 19.1 Å². The summed E-state index contributed by atoms with van der Waals surface area (Å²) in [4.78, 5) is 0. The summed E-state index contributed by atoms with van der Waals surface area (Å²) in [5.74, 6) is 0.162. The van der Waals surface area contributed by atoms with Crippen molar-refractivity contribution in [1.82, 2.24) is 10.0 Å². The third-order valence-electron chi connectivity index (χ3n) is 1.78. The number of rotatable bonds is 8. The molecule has 0 aliphatic carbocycles. The Morgan fingerprint density at radius 1 is 1.21 bits per heavy atom. The average molecular weight is 222 g/mol. The van der Waals surface area contributed by atoms with Gasteiger partial charge in [-0.1, -0.05) is 27.2 Å². The van der Waals surface area contributed by atoms with Gasteiger partial charge in [0.15, 0.2) is 0 Å². The van der Waals surface area contributed by atoms with Crippen molar-refractivity contribution in [3.05, 3.63) is 0 Å². The molecule has 0 heterocycles. The van der Waals surface area contributed by atoms with Crippen LogP contribution in [0.4, 0.5) is 0 Å². The van der Waals surface area contributed by atoms with E-state index in [9.17, 15) is 8.42 Å². The highest BCUT2D eigenvalue weighted by atomic mass is 32.2. The largest absolute Gasteiger partial charge is 0.313 e. The van der Waals surface area contributed by atoms with E-state index < -0.39 is 10.0 Å². The Morgan fingerprint density at radius 2 is 1.86 bits per heavy atom. The molecule has 0 amide bonds. The molecule has 0 aliphatic rings. The van der Waals surface area contributed by atoms with Crippen molar-refractivity contribution in [3.8, 4) is 0 Å². The van der Waals surface area contributed by atoms with E-state index in [1.165, 1.54) is 0 Å². The topological polar surface area (TPSA) is 58.2 Å². The van der Waals surface area contributed by atoms with Crippen LogP contribution in [0.25, 0.3) is 0 Å².